The van der Waals surface area contributed by atoms with E-state index in [9.17, 15) is 23.2 Å². The molecule has 3 N–H and O–H groups in total. The lowest BCUT2D eigenvalue weighted by Crippen LogP contribution is -2.26. The number of anilines is 1. The lowest BCUT2D eigenvalue weighted by atomic mass is 10.1. The lowest BCUT2D eigenvalue weighted by Gasteiger charge is -2.13. The average Bonchev–Trinajstić information content (AvgIpc) is 3.00. The molecule has 230 valence electrons. The molecule has 0 saturated heterocycles. The minimum atomic E-state index is -0.307. The van der Waals surface area contributed by atoms with Crippen molar-refractivity contribution in [1.29, 1.82) is 0 Å². The Hall–Kier alpha value is -5.02. The molecule has 0 saturated carbocycles. The van der Waals surface area contributed by atoms with Crippen LogP contribution in [-0.2, 0) is 14.4 Å². The number of aromatic nitrogens is 1. The summed E-state index contributed by atoms with van der Waals surface area (Å²) in [6.45, 7) is 5.62. The first kappa shape index (κ1) is 35.2. The van der Waals surface area contributed by atoms with E-state index in [0.717, 1.165) is 17.5 Å². The number of pyridine rings is 1. The fourth-order valence-corrected chi connectivity index (χ4v) is 3.84. The molecule has 0 radical (unpaired) electrons. The number of nitrogens with zero attached hydrogens (tertiary/aromatic N) is 1. The second-order valence-electron chi connectivity index (χ2n) is 9.89. The van der Waals surface area contributed by atoms with Crippen LogP contribution in [0.4, 0.5) is 14.6 Å². The summed E-state index contributed by atoms with van der Waals surface area (Å²) >= 11 is 0. The highest BCUT2D eigenvalue weighted by Gasteiger charge is 2.10. The van der Waals surface area contributed by atoms with E-state index in [2.05, 4.69) is 38.7 Å². The zero-order valence-electron chi connectivity index (χ0n) is 25.3. The van der Waals surface area contributed by atoms with Crippen LogP contribution in [0, 0.1) is 35.8 Å². The smallest absolute Gasteiger partial charge is 0.225 e. The number of carbonyl (C=O) groups excluding carboxylic acids is 3. The van der Waals surface area contributed by atoms with Crippen molar-refractivity contribution >= 4 is 23.5 Å². The molecule has 7 nitrogen and oxygen atoms in total. The minimum Gasteiger partial charge on any atom is -0.350 e. The van der Waals surface area contributed by atoms with Crippen LogP contribution in [0.2, 0.25) is 0 Å². The normalized spacial score (nSPS) is 11.3. The Morgan fingerprint density at radius 1 is 0.795 bits per heavy atom. The predicted octanol–water partition coefficient (Wildman–Crippen LogP) is 6.38. The van der Waals surface area contributed by atoms with E-state index in [4.69, 9.17) is 6.42 Å². The number of nitrogens with one attached hydrogen (secondary N) is 3. The zero-order chi connectivity index (χ0) is 32.3. The Morgan fingerprint density at radius 2 is 1.32 bits per heavy atom. The number of carbonyl (C=O) groups is 3. The van der Waals surface area contributed by atoms with Crippen molar-refractivity contribution in [3.63, 3.8) is 0 Å². The summed E-state index contributed by atoms with van der Waals surface area (Å²) in [5, 5.41) is 8.41. The molecule has 0 aliphatic heterocycles. The number of terminal acetylenes is 1. The number of halogens is 2. The Balaban J connectivity index is 0.000000358. The van der Waals surface area contributed by atoms with Crippen LogP contribution in [0.5, 0.6) is 0 Å². The van der Waals surface area contributed by atoms with Gasteiger partial charge in [0.1, 0.15) is 17.5 Å². The minimum absolute atomic E-state index is 0.0882. The van der Waals surface area contributed by atoms with Crippen molar-refractivity contribution in [2.75, 3.05) is 5.32 Å². The molecule has 0 bridgehead atoms. The highest BCUT2D eigenvalue weighted by atomic mass is 19.1. The molecule has 1 heterocycles. The van der Waals surface area contributed by atoms with Crippen LogP contribution in [0.25, 0.3) is 0 Å². The summed E-state index contributed by atoms with van der Waals surface area (Å²) in [6, 6.07) is 15.3. The second-order valence-corrected chi connectivity index (χ2v) is 9.89. The number of amides is 3. The van der Waals surface area contributed by atoms with Crippen LogP contribution >= 0.6 is 0 Å². The third-order valence-corrected chi connectivity index (χ3v) is 6.23. The first-order valence-corrected chi connectivity index (χ1v) is 14.4. The van der Waals surface area contributed by atoms with Gasteiger partial charge in [0.15, 0.2) is 0 Å². The predicted molar refractivity (Wildman–Crippen MR) is 168 cm³/mol. The third kappa shape index (κ3) is 13.3. The van der Waals surface area contributed by atoms with E-state index in [1.54, 1.807) is 42.6 Å². The van der Waals surface area contributed by atoms with E-state index in [1.807, 2.05) is 20.8 Å². The molecule has 0 fully saturated rings. The third-order valence-electron chi connectivity index (χ3n) is 6.23. The van der Waals surface area contributed by atoms with Gasteiger partial charge in [0.05, 0.1) is 17.6 Å². The van der Waals surface area contributed by atoms with Gasteiger partial charge in [-0.25, -0.2) is 13.8 Å². The second kappa shape index (κ2) is 19.2. The Bertz CT molecular complexity index is 1470. The molecular weight excluding hydrogens is 562 g/mol. The average molecular weight is 601 g/mol. The van der Waals surface area contributed by atoms with Gasteiger partial charge in [0, 0.05) is 38.3 Å². The SMILES string of the molecule is C#CCCC(=O)N[C@@H](C)c1ccc(F)cc1.CCCC(=O)Nc1ncccc1C#CCCC(=O)N[C@@H](C)c1ccc(F)cc1. The van der Waals surface area contributed by atoms with Gasteiger partial charge in [-0.1, -0.05) is 43.0 Å². The van der Waals surface area contributed by atoms with E-state index >= 15 is 0 Å². The molecule has 0 aliphatic carbocycles. The van der Waals surface area contributed by atoms with Crippen LogP contribution in [0.15, 0.2) is 66.9 Å². The molecule has 9 heteroatoms. The van der Waals surface area contributed by atoms with Crippen molar-refractivity contribution in [3.8, 4) is 24.2 Å². The summed E-state index contributed by atoms with van der Waals surface area (Å²) in [7, 11) is 0. The van der Waals surface area contributed by atoms with Gasteiger partial charge >= 0.3 is 0 Å². The highest BCUT2D eigenvalue weighted by Crippen LogP contribution is 2.14. The van der Waals surface area contributed by atoms with Crippen molar-refractivity contribution in [2.45, 2.75) is 71.4 Å². The number of hydrogen-bond acceptors (Lipinski definition) is 4. The first-order chi connectivity index (χ1) is 21.1. The van der Waals surface area contributed by atoms with Crippen LogP contribution in [-0.4, -0.2) is 22.7 Å². The van der Waals surface area contributed by atoms with Gasteiger partial charge < -0.3 is 16.0 Å². The first-order valence-electron chi connectivity index (χ1n) is 14.4. The molecule has 3 aromatic rings. The van der Waals surface area contributed by atoms with Crippen LogP contribution in [0.3, 0.4) is 0 Å². The summed E-state index contributed by atoms with van der Waals surface area (Å²) < 4.78 is 25.6. The van der Waals surface area contributed by atoms with Gasteiger partial charge in [-0.2, -0.15) is 0 Å². The van der Waals surface area contributed by atoms with Crippen molar-refractivity contribution in [3.05, 3.63) is 95.2 Å². The fraction of sp³-hybridized carbons (Fsp3) is 0.314. The largest absolute Gasteiger partial charge is 0.350 e. The molecule has 3 amide bonds. The maximum Gasteiger partial charge on any atom is 0.225 e. The van der Waals surface area contributed by atoms with E-state index in [1.165, 1.54) is 24.3 Å². The number of hydrogen-bond donors (Lipinski definition) is 3. The van der Waals surface area contributed by atoms with Gasteiger partial charge in [0.2, 0.25) is 17.7 Å². The number of benzene rings is 2. The molecule has 2 aromatic carbocycles. The summed E-state index contributed by atoms with van der Waals surface area (Å²) in [4.78, 5) is 39.3. The van der Waals surface area contributed by atoms with Gasteiger partial charge in [-0.05, 0) is 67.8 Å². The Kier molecular flexibility index (Phi) is 15.4. The quantitative estimate of drug-likeness (QED) is 0.222. The summed E-state index contributed by atoms with van der Waals surface area (Å²) in [6.07, 6.45) is 9.21. The molecule has 0 unspecified atom stereocenters. The monoisotopic (exact) mass is 600 g/mol. The number of rotatable bonds is 11. The van der Waals surface area contributed by atoms with Crippen molar-refractivity contribution < 1.29 is 23.2 Å². The topological polar surface area (TPSA) is 100 Å². The van der Waals surface area contributed by atoms with Crippen LogP contribution < -0.4 is 16.0 Å². The standard InChI is InChI=1S/C22H24FN3O2.C13H14FNO/c1-3-7-20(27)26-22-18(9-6-15-24-22)8-4-5-10-21(28)25-16(2)17-11-13-19(23)14-12-17;1-3-4-5-13(16)15-10(2)11-6-8-12(14)9-7-11/h6,9,11-16H,3,5,7,10H2,1-2H3,(H,25,28)(H,24,26,27);1,6-10H,4-5H2,2H3,(H,15,16)/t16-;10-/m00/s1. The molecule has 3 rings (SSSR count). The Morgan fingerprint density at radius 3 is 1.82 bits per heavy atom. The summed E-state index contributed by atoms with van der Waals surface area (Å²) in [5.74, 6) is 7.84. The lowest BCUT2D eigenvalue weighted by molar-refractivity contribution is -0.122. The van der Waals surface area contributed by atoms with Gasteiger partial charge in [-0.15, -0.1) is 12.3 Å². The van der Waals surface area contributed by atoms with E-state index in [-0.39, 0.29) is 47.9 Å². The molecular formula is C35H38F2N4O3. The Labute approximate surface area is 258 Å². The van der Waals surface area contributed by atoms with Crippen LogP contribution in [0.1, 0.15) is 88.1 Å². The summed E-state index contributed by atoms with van der Waals surface area (Å²) in [5.41, 5.74) is 2.33. The molecule has 0 aliphatic rings. The van der Waals surface area contributed by atoms with Gasteiger partial charge in [-0.3, -0.25) is 14.4 Å². The molecule has 1 aromatic heterocycles. The molecule has 2 atom stereocenters. The molecule has 44 heavy (non-hydrogen) atoms. The fourth-order valence-electron chi connectivity index (χ4n) is 3.84. The maximum atomic E-state index is 13.0. The van der Waals surface area contributed by atoms with Crippen molar-refractivity contribution in [1.82, 2.24) is 15.6 Å². The molecule has 0 spiro atoms. The maximum absolute atomic E-state index is 13.0. The zero-order valence-corrected chi connectivity index (χ0v) is 25.3. The van der Waals surface area contributed by atoms with E-state index < -0.39 is 0 Å². The highest BCUT2D eigenvalue weighted by molar-refractivity contribution is 5.91. The van der Waals surface area contributed by atoms with E-state index in [0.29, 0.717) is 37.1 Å². The van der Waals surface area contributed by atoms with Crippen molar-refractivity contribution in [2.24, 2.45) is 0 Å². The van der Waals surface area contributed by atoms with Gasteiger partial charge in [0.25, 0.3) is 0 Å².